The maximum atomic E-state index is 12.0. The molecule has 0 radical (unpaired) electrons. The smallest absolute Gasteiger partial charge is 0.337 e. The monoisotopic (exact) mass is 366 g/mol. The van der Waals surface area contributed by atoms with Crippen LogP contribution in [0.4, 0.5) is 0 Å². The zero-order valence-electron chi connectivity index (χ0n) is 10.8. The van der Waals surface area contributed by atoms with Crippen molar-refractivity contribution in [2.45, 2.75) is 13.0 Å². The van der Waals surface area contributed by atoms with Gasteiger partial charge in [-0.25, -0.2) is 9.59 Å². The molecule has 0 aliphatic rings. The second-order valence-corrected chi connectivity index (χ2v) is 7.09. The molecular formula is C14H11BrN2O3S. The van der Waals surface area contributed by atoms with Crippen molar-refractivity contribution in [2.24, 2.45) is 0 Å². The van der Waals surface area contributed by atoms with Crippen LogP contribution in [-0.4, -0.2) is 20.6 Å². The Morgan fingerprint density at radius 3 is 2.81 bits per heavy atom. The number of fused-ring (bicyclic) bond motifs is 1. The van der Waals surface area contributed by atoms with Crippen molar-refractivity contribution in [3.8, 4) is 0 Å². The minimum Gasteiger partial charge on any atom is -0.478 e. The Kier molecular flexibility index (Phi) is 3.69. The molecule has 3 rings (SSSR count). The highest BCUT2D eigenvalue weighted by Gasteiger charge is 2.14. The number of carbonyl (C=O) groups is 1. The van der Waals surface area contributed by atoms with Crippen LogP contribution < -0.4 is 5.69 Å². The van der Waals surface area contributed by atoms with Crippen LogP contribution in [0.3, 0.4) is 0 Å². The van der Waals surface area contributed by atoms with Gasteiger partial charge in [-0.15, -0.1) is 11.3 Å². The highest BCUT2D eigenvalue weighted by molar-refractivity contribution is 9.11. The van der Waals surface area contributed by atoms with Crippen LogP contribution in [0.2, 0.25) is 0 Å². The zero-order chi connectivity index (χ0) is 15.0. The fourth-order valence-electron chi connectivity index (χ4n) is 2.29. The van der Waals surface area contributed by atoms with Crippen LogP contribution in [0.15, 0.2) is 38.9 Å². The van der Waals surface area contributed by atoms with E-state index in [1.807, 2.05) is 12.1 Å². The summed E-state index contributed by atoms with van der Waals surface area (Å²) in [5, 5.41) is 9.16. The number of halogens is 1. The molecule has 0 aliphatic heterocycles. The first-order chi connectivity index (χ1) is 10.1. The summed E-state index contributed by atoms with van der Waals surface area (Å²) in [5.74, 6) is -1.05. The number of hydrogen-bond acceptors (Lipinski definition) is 3. The molecule has 0 amide bonds. The van der Waals surface area contributed by atoms with Gasteiger partial charge in [-0.1, -0.05) is 6.07 Å². The lowest BCUT2D eigenvalue weighted by Crippen LogP contribution is -2.17. The van der Waals surface area contributed by atoms with E-state index in [4.69, 9.17) is 5.11 Å². The number of imidazole rings is 1. The normalized spacial score (nSPS) is 11.1. The third-order valence-electron chi connectivity index (χ3n) is 3.25. The average molecular weight is 367 g/mol. The Balaban J connectivity index is 1.99. The van der Waals surface area contributed by atoms with Gasteiger partial charge < -0.3 is 10.1 Å². The number of aromatic nitrogens is 2. The summed E-state index contributed by atoms with van der Waals surface area (Å²) in [7, 11) is 0. The number of aryl methyl sites for hydroxylation is 2. The molecule has 108 valence electrons. The molecule has 21 heavy (non-hydrogen) atoms. The fraction of sp³-hybridized carbons (Fsp3) is 0.143. The molecule has 0 spiro atoms. The number of para-hydroxylation sites is 1. The Morgan fingerprint density at radius 2 is 2.14 bits per heavy atom. The number of carboxylic acid groups (broad SMARTS) is 1. The van der Waals surface area contributed by atoms with Crippen molar-refractivity contribution < 1.29 is 9.90 Å². The molecule has 1 aromatic carbocycles. The molecule has 0 saturated carbocycles. The summed E-state index contributed by atoms with van der Waals surface area (Å²) in [4.78, 5) is 27.0. The van der Waals surface area contributed by atoms with E-state index in [0.717, 1.165) is 15.1 Å². The predicted molar refractivity (Wildman–Crippen MR) is 85.2 cm³/mol. The minimum absolute atomic E-state index is 0.113. The van der Waals surface area contributed by atoms with E-state index < -0.39 is 5.97 Å². The number of benzene rings is 1. The molecule has 5 nitrogen and oxygen atoms in total. The van der Waals surface area contributed by atoms with Crippen LogP contribution >= 0.6 is 27.3 Å². The SMILES string of the molecule is O=C(O)c1cccc2c1[nH]c(=O)n2CCc1ccc(Br)s1. The van der Waals surface area contributed by atoms with E-state index in [1.54, 1.807) is 28.0 Å². The van der Waals surface area contributed by atoms with E-state index in [9.17, 15) is 9.59 Å². The molecule has 0 aliphatic carbocycles. The Hall–Kier alpha value is -1.86. The summed E-state index contributed by atoms with van der Waals surface area (Å²) in [6, 6.07) is 8.88. The summed E-state index contributed by atoms with van der Waals surface area (Å²) in [5.41, 5.74) is 0.828. The highest BCUT2D eigenvalue weighted by Crippen LogP contribution is 2.23. The van der Waals surface area contributed by atoms with Crippen molar-refractivity contribution >= 4 is 44.3 Å². The fourth-order valence-corrected chi connectivity index (χ4v) is 3.76. The second kappa shape index (κ2) is 5.50. The molecule has 2 aromatic heterocycles. The number of nitrogens with zero attached hydrogens (tertiary/aromatic N) is 1. The van der Waals surface area contributed by atoms with Gasteiger partial charge >= 0.3 is 11.7 Å². The van der Waals surface area contributed by atoms with Crippen molar-refractivity contribution in [3.05, 3.63) is 55.0 Å². The number of carboxylic acids is 1. The lowest BCUT2D eigenvalue weighted by molar-refractivity contribution is 0.0699. The maximum Gasteiger partial charge on any atom is 0.337 e. The Bertz CT molecular complexity index is 878. The number of aromatic carboxylic acids is 1. The molecule has 3 aromatic rings. The van der Waals surface area contributed by atoms with Gasteiger partial charge in [-0.2, -0.15) is 0 Å². The van der Waals surface area contributed by atoms with Crippen molar-refractivity contribution in [1.29, 1.82) is 0 Å². The van der Waals surface area contributed by atoms with E-state index in [1.165, 1.54) is 6.07 Å². The first-order valence-corrected chi connectivity index (χ1v) is 7.86. The number of H-pyrrole nitrogens is 1. The lowest BCUT2D eigenvalue weighted by atomic mass is 10.2. The highest BCUT2D eigenvalue weighted by atomic mass is 79.9. The molecule has 7 heteroatoms. The quantitative estimate of drug-likeness (QED) is 0.744. The largest absolute Gasteiger partial charge is 0.478 e. The van der Waals surface area contributed by atoms with Crippen LogP contribution in [0.25, 0.3) is 11.0 Å². The Labute approximate surface area is 132 Å². The van der Waals surface area contributed by atoms with Crippen molar-refractivity contribution in [3.63, 3.8) is 0 Å². The van der Waals surface area contributed by atoms with E-state index in [0.29, 0.717) is 17.6 Å². The number of hydrogen-bond donors (Lipinski definition) is 2. The van der Waals surface area contributed by atoms with Gasteiger partial charge in [0.2, 0.25) is 0 Å². The summed E-state index contributed by atoms with van der Waals surface area (Å²) < 4.78 is 2.63. The topological polar surface area (TPSA) is 75.1 Å². The summed E-state index contributed by atoms with van der Waals surface area (Å²) >= 11 is 5.03. The van der Waals surface area contributed by atoms with Gasteiger partial charge in [0.25, 0.3) is 0 Å². The number of nitrogens with one attached hydrogen (secondary N) is 1. The molecule has 0 bridgehead atoms. The molecule has 0 unspecified atom stereocenters. The number of aromatic amines is 1. The van der Waals surface area contributed by atoms with Gasteiger partial charge in [0.1, 0.15) is 0 Å². The number of thiophene rings is 1. The summed E-state index contributed by atoms with van der Waals surface area (Å²) in [6.07, 6.45) is 0.723. The van der Waals surface area contributed by atoms with Gasteiger partial charge in [0, 0.05) is 11.4 Å². The minimum atomic E-state index is -1.05. The zero-order valence-corrected chi connectivity index (χ0v) is 13.2. The first kappa shape index (κ1) is 14.1. The van der Waals surface area contributed by atoms with Crippen LogP contribution in [0.1, 0.15) is 15.2 Å². The average Bonchev–Trinajstić information content (AvgIpc) is 2.98. The van der Waals surface area contributed by atoms with E-state index in [-0.39, 0.29) is 11.3 Å². The third kappa shape index (κ3) is 2.66. The van der Waals surface area contributed by atoms with E-state index >= 15 is 0 Å². The van der Waals surface area contributed by atoms with Crippen LogP contribution in [-0.2, 0) is 13.0 Å². The molecule has 0 fully saturated rings. The second-order valence-electron chi connectivity index (χ2n) is 4.54. The number of rotatable bonds is 4. The third-order valence-corrected chi connectivity index (χ3v) is 4.93. The molecule has 0 atom stereocenters. The summed E-state index contributed by atoms with van der Waals surface area (Å²) in [6.45, 7) is 0.509. The standard InChI is InChI=1S/C14H11BrN2O3S/c15-11-5-4-8(21-11)6-7-17-10-3-1-2-9(13(18)19)12(10)16-14(17)20/h1-5H,6-7H2,(H,16,20)(H,18,19). The molecular weight excluding hydrogens is 356 g/mol. The van der Waals surface area contributed by atoms with Crippen LogP contribution in [0, 0.1) is 0 Å². The van der Waals surface area contributed by atoms with E-state index in [2.05, 4.69) is 20.9 Å². The van der Waals surface area contributed by atoms with Crippen molar-refractivity contribution in [2.75, 3.05) is 0 Å². The molecule has 2 heterocycles. The predicted octanol–water partition coefficient (Wildman–Crippen LogP) is 3.09. The van der Waals surface area contributed by atoms with Crippen LogP contribution in [0.5, 0.6) is 0 Å². The maximum absolute atomic E-state index is 12.0. The van der Waals surface area contributed by atoms with Gasteiger partial charge in [0.05, 0.1) is 20.4 Å². The molecule has 0 saturated heterocycles. The lowest BCUT2D eigenvalue weighted by Gasteiger charge is -2.02. The van der Waals surface area contributed by atoms with Crippen molar-refractivity contribution in [1.82, 2.24) is 9.55 Å². The first-order valence-electron chi connectivity index (χ1n) is 6.25. The van der Waals surface area contributed by atoms with Gasteiger partial charge in [-0.05, 0) is 46.6 Å². The Morgan fingerprint density at radius 1 is 1.33 bits per heavy atom. The molecule has 2 N–H and O–H groups in total. The van der Waals surface area contributed by atoms with Gasteiger partial charge in [0.15, 0.2) is 0 Å². The van der Waals surface area contributed by atoms with Gasteiger partial charge in [-0.3, -0.25) is 4.57 Å².